The quantitative estimate of drug-likeness (QED) is 0.844. The molecule has 0 spiro atoms. The van der Waals surface area contributed by atoms with Crippen LogP contribution < -0.4 is 0 Å². The first-order valence-electron chi connectivity index (χ1n) is 6.15. The van der Waals surface area contributed by atoms with Crippen LogP contribution in [0, 0.1) is 0 Å². The molecule has 1 aromatic carbocycles. The smallest absolute Gasteiger partial charge is 0.305 e. The van der Waals surface area contributed by atoms with Crippen LogP contribution in [-0.2, 0) is 16.0 Å². The highest BCUT2D eigenvalue weighted by atomic mass is 16.5. The van der Waals surface area contributed by atoms with E-state index in [2.05, 4.69) is 34.6 Å². The fourth-order valence-electron chi connectivity index (χ4n) is 1.85. The number of esters is 1. The third-order valence-corrected chi connectivity index (χ3v) is 2.96. The van der Waals surface area contributed by atoms with Crippen LogP contribution in [0.2, 0.25) is 0 Å². The Kier molecular flexibility index (Phi) is 3.65. The maximum atomic E-state index is 11.1. The molecule has 4 nitrogen and oxygen atoms in total. The Bertz CT molecular complexity index is 558. The maximum Gasteiger partial charge on any atom is 0.305 e. The number of nitrogens with zero attached hydrogens (tertiary/aromatic N) is 1. The highest BCUT2D eigenvalue weighted by molar-refractivity contribution is 5.76. The second-order valence-electron chi connectivity index (χ2n) is 4.70. The number of aryl methyl sites for hydroxylation is 1. The number of H-pyrrole nitrogens is 1. The molecule has 1 heterocycles. The number of benzene rings is 1. The van der Waals surface area contributed by atoms with Crippen molar-refractivity contribution in [2.24, 2.45) is 0 Å². The standard InChI is InChI=1S/C14H18N2O2/c1-9(2)14-15-11-6-4-10(8-12(11)16-14)5-7-13(17)18-3/h4,6,8-9H,5,7H2,1-3H3,(H,15,16). The summed E-state index contributed by atoms with van der Waals surface area (Å²) >= 11 is 0. The lowest BCUT2D eigenvalue weighted by molar-refractivity contribution is -0.140. The fraction of sp³-hybridized carbons (Fsp3) is 0.429. The predicted molar refractivity (Wildman–Crippen MR) is 70.5 cm³/mol. The van der Waals surface area contributed by atoms with Gasteiger partial charge in [0.1, 0.15) is 5.82 Å². The number of nitrogens with one attached hydrogen (secondary N) is 1. The van der Waals surface area contributed by atoms with Gasteiger partial charge >= 0.3 is 5.97 Å². The molecule has 0 bridgehead atoms. The zero-order chi connectivity index (χ0) is 13.1. The molecule has 0 aliphatic rings. The molecule has 0 saturated heterocycles. The number of imidazole rings is 1. The van der Waals surface area contributed by atoms with Crippen molar-refractivity contribution in [2.75, 3.05) is 7.11 Å². The fourth-order valence-corrected chi connectivity index (χ4v) is 1.85. The van der Waals surface area contributed by atoms with Gasteiger partial charge in [0.25, 0.3) is 0 Å². The Morgan fingerprint density at radius 1 is 1.44 bits per heavy atom. The minimum Gasteiger partial charge on any atom is -0.469 e. The van der Waals surface area contributed by atoms with Gasteiger partial charge in [0.15, 0.2) is 0 Å². The SMILES string of the molecule is COC(=O)CCc1ccc2nc(C(C)C)[nH]c2c1. The highest BCUT2D eigenvalue weighted by Crippen LogP contribution is 2.19. The second-order valence-corrected chi connectivity index (χ2v) is 4.70. The third kappa shape index (κ3) is 2.70. The van der Waals surface area contributed by atoms with Gasteiger partial charge in [-0.3, -0.25) is 4.79 Å². The van der Waals surface area contributed by atoms with Crippen LogP contribution >= 0.6 is 0 Å². The van der Waals surface area contributed by atoms with Gasteiger partial charge in [-0.05, 0) is 24.1 Å². The zero-order valence-electron chi connectivity index (χ0n) is 11.0. The first-order valence-corrected chi connectivity index (χ1v) is 6.15. The molecule has 1 N–H and O–H groups in total. The van der Waals surface area contributed by atoms with Gasteiger partial charge < -0.3 is 9.72 Å². The molecule has 96 valence electrons. The molecule has 0 saturated carbocycles. The van der Waals surface area contributed by atoms with Gasteiger partial charge in [-0.2, -0.15) is 0 Å². The van der Waals surface area contributed by atoms with E-state index in [4.69, 9.17) is 0 Å². The molecular weight excluding hydrogens is 228 g/mol. The Morgan fingerprint density at radius 2 is 2.22 bits per heavy atom. The van der Waals surface area contributed by atoms with E-state index < -0.39 is 0 Å². The maximum absolute atomic E-state index is 11.1. The molecule has 0 aliphatic carbocycles. The van der Waals surface area contributed by atoms with E-state index in [9.17, 15) is 4.79 Å². The molecule has 0 fully saturated rings. The first-order chi connectivity index (χ1) is 8.60. The van der Waals surface area contributed by atoms with Crippen molar-refractivity contribution in [2.45, 2.75) is 32.6 Å². The Morgan fingerprint density at radius 3 is 2.89 bits per heavy atom. The lowest BCUT2D eigenvalue weighted by Crippen LogP contribution is -2.01. The zero-order valence-corrected chi connectivity index (χ0v) is 11.0. The van der Waals surface area contributed by atoms with E-state index in [0.717, 1.165) is 22.4 Å². The van der Waals surface area contributed by atoms with Crippen LogP contribution in [0.1, 0.15) is 37.6 Å². The molecule has 2 rings (SSSR count). The monoisotopic (exact) mass is 246 g/mol. The summed E-state index contributed by atoms with van der Waals surface area (Å²) in [7, 11) is 1.41. The number of rotatable bonds is 4. The number of fused-ring (bicyclic) bond motifs is 1. The topological polar surface area (TPSA) is 55.0 Å². The van der Waals surface area contributed by atoms with Gasteiger partial charge in [-0.25, -0.2) is 4.98 Å². The van der Waals surface area contributed by atoms with Gasteiger partial charge in [0, 0.05) is 12.3 Å². The lowest BCUT2D eigenvalue weighted by Gasteiger charge is -2.00. The van der Waals surface area contributed by atoms with Crippen LogP contribution in [0.4, 0.5) is 0 Å². The Labute approximate surface area is 106 Å². The van der Waals surface area contributed by atoms with Gasteiger partial charge in [0.2, 0.25) is 0 Å². The molecule has 0 atom stereocenters. The van der Waals surface area contributed by atoms with Crippen molar-refractivity contribution in [3.05, 3.63) is 29.6 Å². The number of hydrogen-bond acceptors (Lipinski definition) is 3. The summed E-state index contributed by atoms with van der Waals surface area (Å²) in [5.41, 5.74) is 3.12. The van der Waals surface area contributed by atoms with Crippen molar-refractivity contribution in [1.29, 1.82) is 0 Å². The van der Waals surface area contributed by atoms with Crippen molar-refractivity contribution >= 4 is 17.0 Å². The van der Waals surface area contributed by atoms with Crippen molar-refractivity contribution in [1.82, 2.24) is 9.97 Å². The molecule has 0 unspecified atom stereocenters. The second kappa shape index (κ2) is 5.21. The van der Waals surface area contributed by atoms with E-state index in [-0.39, 0.29) is 5.97 Å². The van der Waals surface area contributed by atoms with Crippen molar-refractivity contribution in [3.8, 4) is 0 Å². The van der Waals surface area contributed by atoms with Crippen LogP contribution in [0.15, 0.2) is 18.2 Å². The molecule has 4 heteroatoms. The number of carbonyl (C=O) groups excluding carboxylic acids is 1. The average Bonchev–Trinajstić information content (AvgIpc) is 2.79. The van der Waals surface area contributed by atoms with Crippen LogP contribution in [-0.4, -0.2) is 23.0 Å². The minimum absolute atomic E-state index is 0.178. The molecule has 18 heavy (non-hydrogen) atoms. The third-order valence-electron chi connectivity index (χ3n) is 2.96. The molecule has 2 aromatic rings. The number of aromatic nitrogens is 2. The summed E-state index contributed by atoms with van der Waals surface area (Å²) in [6.07, 6.45) is 1.10. The van der Waals surface area contributed by atoms with E-state index in [1.165, 1.54) is 7.11 Å². The summed E-state index contributed by atoms with van der Waals surface area (Å²) in [5, 5.41) is 0. The van der Waals surface area contributed by atoms with Gasteiger partial charge in [-0.15, -0.1) is 0 Å². The van der Waals surface area contributed by atoms with E-state index in [1.807, 2.05) is 12.1 Å². The van der Waals surface area contributed by atoms with E-state index >= 15 is 0 Å². The van der Waals surface area contributed by atoms with Gasteiger partial charge in [0.05, 0.1) is 18.1 Å². The van der Waals surface area contributed by atoms with Crippen LogP contribution in [0.3, 0.4) is 0 Å². The Balaban J connectivity index is 2.19. The van der Waals surface area contributed by atoms with Gasteiger partial charge in [-0.1, -0.05) is 19.9 Å². The summed E-state index contributed by atoms with van der Waals surface area (Å²) < 4.78 is 4.64. The predicted octanol–water partition coefficient (Wildman–Crippen LogP) is 2.79. The van der Waals surface area contributed by atoms with Crippen molar-refractivity contribution in [3.63, 3.8) is 0 Å². The molecule has 0 amide bonds. The number of ether oxygens (including phenoxy) is 1. The number of aromatic amines is 1. The summed E-state index contributed by atoms with van der Waals surface area (Å²) in [6.45, 7) is 4.21. The molecule has 0 aliphatic heterocycles. The van der Waals surface area contributed by atoms with Crippen molar-refractivity contribution < 1.29 is 9.53 Å². The summed E-state index contributed by atoms with van der Waals surface area (Å²) in [5.74, 6) is 1.20. The number of hydrogen-bond donors (Lipinski definition) is 1. The Hall–Kier alpha value is -1.84. The summed E-state index contributed by atoms with van der Waals surface area (Å²) in [4.78, 5) is 18.9. The minimum atomic E-state index is -0.178. The average molecular weight is 246 g/mol. The van der Waals surface area contributed by atoms with E-state index in [0.29, 0.717) is 18.8 Å². The molecular formula is C14H18N2O2. The van der Waals surface area contributed by atoms with Crippen LogP contribution in [0.5, 0.6) is 0 Å². The highest BCUT2D eigenvalue weighted by Gasteiger charge is 2.07. The molecule has 1 aromatic heterocycles. The first kappa shape index (κ1) is 12.6. The number of methoxy groups -OCH3 is 1. The lowest BCUT2D eigenvalue weighted by atomic mass is 10.1. The number of carbonyl (C=O) groups is 1. The summed E-state index contributed by atoms with van der Waals surface area (Å²) in [6, 6.07) is 6.05. The van der Waals surface area contributed by atoms with E-state index in [1.54, 1.807) is 0 Å². The normalized spacial score (nSPS) is 11.1. The molecule has 0 radical (unpaired) electrons. The van der Waals surface area contributed by atoms with Crippen LogP contribution in [0.25, 0.3) is 11.0 Å². The largest absolute Gasteiger partial charge is 0.469 e.